The number of aliphatic carboxylic acids is 1. The minimum atomic E-state index is -0.902. The Morgan fingerprint density at radius 1 is 1.29 bits per heavy atom. The molecule has 0 aliphatic carbocycles. The number of nitrogens with one attached hydrogen (secondary N) is 1. The van der Waals surface area contributed by atoms with Gasteiger partial charge in [-0.3, -0.25) is 9.59 Å². The van der Waals surface area contributed by atoms with Crippen molar-refractivity contribution in [2.75, 3.05) is 33.2 Å². The summed E-state index contributed by atoms with van der Waals surface area (Å²) in [7, 11) is 1.64. The van der Waals surface area contributed by atoms with E-state index >= 15 is 0 Å². The van der Waals surface area contributed by atoms with Crippen LogP contribution in [0.15, 0.2) is 0 Å². The molecular formula is C17H31N3O4. The summed E-state index contributed by atoms with van der Waals surface area (Å²) in [5.41, 5.74) is 0. The molecule has 0 aromatic rings. The molecule has 1 saturated heterocycles. The molecule has 0 radical (unpaired) electrons. The number of nitrogens with zero attached hydrogens (tertiary/aromatic N) is 2. The van der Waals surface area contributed by atoms with Crippen molar-refractivity contribution in [2.24, 2.45) is 17.8 Å². The van der Waals surface area contributed by atoms with Gasteiger partial charge in [-0.25, -0.2) is 4.79 Å². The van der Waals surface area contributed by atoms with Gasteiger partial charge >= 0.3 is 12.0 Å². The van der Waals surface area contributed by atoms with E-state index in [-0.39, 0.29) is 24.4 Å². The lowest BCUT2D eigenvalue weighted by atomic mass is 9.94. The molecule has 3 amide bonds. The topological polar surface area (TPSA) is 90.0 Å². The van der Waals surface area contributed by atoms with Crippen LogP contribution in [-0.2, 0) is 9.59 Å². The largest absolute Gasteiger partial charge is 0.481 e. The molecule has 138 valence electrons. The molecule has 24 heavy (non-hydrogen) atoms. The van der Waals surface area contributed by atoms with Crippen LogP contribution >= 0.6 is 0 Å². The highest BCUT2D eigenvalue weighted by Crippen LogP contribution is 2.20. The van der Waals surface area contributed by atoms with Gasteiger partial charge in [0.25, 0.3) is 0 Å². The summed E-state index contributed by atoms with van der Waals surface area (Å²) < 4.78 is 0. The molecule has 0 spiro atoms. The SMILES string of the molecule is CC(C)CNC(=O)N1CCCC(CC(=O)N(C)CC(C)C(=O)O)C1. The zero-order chi connectivity index (χ0) is 18.3. The second kappa shape index (κ2) is 9.49. The molecule has 2 atom stereocenters. The minimum Gasteiger partial charge on any atom is -0.481 e. The highest BCUT2D eigenvalue weighted by atomic mass is 16.4. The van der Waals surface area contributed by atoms with E-state index in [4.69, 9.17) is 5.11 Å². The minimum absolute atomic E-state index is 0.0578. The van der Waals surface area contributed by atoms with Crippen LogP contribution in [0.5, 0.6) is 0 Å². The maximum Gasteiger partial charge on any atom is 0.317 e. The number of urea groups is 1. The van der Waals surface area contributed by atoms with E-state index in [0.29, 0.717) is 25.4 Å². The Morgan fingerprint density at radius 2 is 1.96 bits per heavy atom. The first-order valence-electron chi connectivity index (χ1n) is 8.70. The number of carbonyl (C=O) groups excluding carboxylic acids is 2. The number of carbonyl (C=O) groups is 3. The summed E-state index contributed by atoms with van der Waals surface area (Å²) in [5.74, 6) is -0.999. The number of hydrogen-bond donors (Lipinski definition) is 2. The third kappa shape index (κ3) is 6.76. The number of piperidine rings is 1. The molecule has 2 unspecified atom stereocenters. The van der Waals surface area contributed by atoms with Crippen LogP contribution in [0.4, 0.5) is 4.79 Å². The van der Waals surface area contributed by atoms with E-state index in [1.165, 1.54) is 4.90 Å². The fraction of sp³-hybridized carbons (Fsp3) is 0.824. The molecule has 1 heterocycles. The molecule has 2 N–H and O–H groups in total. The first kappa shape index (κ1) is 20.3. The monoisotopic (exact) mass is 341 g/mol. The molecule has 0 saturated carbocycles. The molecule has 1 rings (SSSR count). The van der Waals surface area contributed by atoms with Crippen molar-refractivity contribution in [2.45, 2.75) is 40.0 Å². The molecular weight excluding hydrogens is 310 g/mol. The van der Waals surface area contributed by atoms with Gasteiger partial charge in [0, 0.05) is 39.6 Å². The fourth-order valence-electron chi connectivity index (χ4n) is 2.81. The van der Waals surface area contributed by atoms with Crippen LogP contribution in [0.25, 0.3) is 0 Å². The molecule has 0 aromatic carbocycles. The van der Waals surface area contributed by atoms with Crippen LogP contribution in [0.1, 0.15) is 40.0 Å². The number of likely N-dealkylation sites (tertiary alicyclic amines) is 1. The maximum atomic E-state index is 12.3. The van der Waals surface area contributed by atoms with Crippen LogP contribution in [0.3, 0.4) is 0 Å². The van der Waals surface area contributed by atoms with Gasteiger partial charge in [-0.2, -0.15) is 0 Å². The quantitative estimate of drug-likeness (QED) is 0.736. The molecule has 7 nitrogen and oxygen atoms in total. The summed E-state index contributed by atoms with van der Waals surface area (Å²) in [6.07, 6.45) is 2.17. The Balaban J connectivity index is 2.45. The summed E-state index contributed by atoms with van der Waals surface area (Å²) in [6, 6.07) is -0.0614. The fourth-order valence-corrected chi connectivity index (χ4v) is 2.81. The number of amides is 3. The average molecular weight is 341 g/mol. The van der Waals surface area contributed by atoms with Crippen molar-refractivity contribution in [1.82, 2.24) is 15.1 Å². The van der Waals surface area contributed by atoms with E-state index < -0.39 is 11.9 Å². The summed E-state index contributed by atoms with van der Waals surface area (Å²) >= 11 is 0. The van der Waals surface area contributed by atoms with E-state index in [0.717, 1.165) is 19.4 Å². The van der Waals surface area contributed by atoms with Gasteiger partial charge in [0.1, 0.15) is 0 Å². The van der Waals surface area contributed by atoms with Crippen molar-refractivity contribution in [3.05, 3.63) is 0 Å². The Bertz CT molecular complexity index is 453. The third-order valence-corrected chi connectivity index (χ3v) is 4.33. The van der Waals surface area contributed by atoms with Crippen molar-refractivity contribution < 1.29 is 19.5 Å². The highest BCUT2D eigenvalue weighted by Gasteiger charge is 2.27. The smallest absolute Gasteiger partial charge is 0.317 e. The van der Waals surface area contributed by atoms with Crippen LogP contribution < -0.4 is 5.32 Å². The number of carboxylic acid groups (broad SMARTS) is 1. The van der Waals surface area contributed by atoms with Crippen LogP contribution in [0.2, 0.25) is 0 Å². The normalized spacial score (nSPS) is 19.0. The Kier molecular flexibility index (Phi) is 8.01. The van der Waals surface area contributed by atoms with Gasteiger partial charge in [-0.05, 0) is 24.7 Å². The second-order valence-electron chi connectivity index (χ2n) is 7.25. The van der Waals surface area contributed by atoms with Crippen molar-refractivity contribution in [1.29, 1.82) is 0 Å². The number of carboxylic acids is 1. The number of hydrogen-bond acceptors (Lipinski definition) is 3. The Morgan fingerprint density at radius 3 is 2.54 bits per heavy atom. The lowest BCUT2D eigenvalue weighted by molar-refractivity contribution is -0.142. The summed E-state index contributed by atoms with van der Waals surface area (Å²) in [6.45, 7) is 7.85. The van der Waals surface area contributed by atoms with Gasteiger partial charge in [-0.1, -0.05) is 20.8 Å². The first-order chi connectivity index (χ1) is 11.2. The highest BCUT2D eigenvalue weighted by molar-refractivity contribution is 5.78. The molecule has 7 heteroatoms. The predicted molar refractivity (Wildman–Crippen MR) is 91.6 cm³/mol. The van der Waals surface area contributed by atoms with Crippen LogP contribution in [-0.4, -0.2) is 66.0 Å². The molecule has 1 aliphatic rings. The maximum absolute atomic E-state index is 12.3. The summed E-state index contributed by atoms with van der Waals surface area (Å²) in [5, 5.41) is 11.8. The van der Waals surface area contributed by atoms with E-state index in [1.54, 1.807) is 18.9 Å². The first-order valence-corrected chi connectivity index (χ1v) is 8.70. The second-order valence-corrected chi connectivity index (χ2v) is 7.25. The third-order valence-electron chi connectivity index (χ3n) is 4.33. The van der Waals surface area contributed by atoms with Gasteiger partial charge in [0.05, 0.1) is 5.92 Å². The zero-order valence-electron chi connectivity index (χ0n) is 15.2. The van der Waals surface area contributed by atoms with E-state index in [9.17, 15) is 14.4 Å². The lowest BCUT2D eigenvalue weighted by Crippen LogP contribution is -2.47. The van der Waals surface area contributed by atoms with Crippen molar-refractivity contribution >= 4 is 17.9 Å². The van der Waals surface area contributed by atoms with Crippen molar-refractivity contribution in [3.8, 4) is 0 Å². The zero-order valence-corrected chi connectivity index (χ0v) is 15.2. The standard InChI is InChI=1S/C17H31N3O4/c1-12(2)9-18-17(24)20-7-5-6-14(11-20)8-15(21)19(4)10-13(3)16(22)23/h12-14H,5-11H2,1-4H3,(H,18,24)(H,22,23). The molecule has 1 fully saturated rings. The molecule has 0 bridgehead atoms. The van der Waals surface area contributed by atoms with Gasteiger partial charge in [-0.15, -0.1) is 0 Å². The Hall–Kier alpha value is -1.79. The summed E-state index contributed by atoms with van der Waals surface area (Å²) in [4.78, 5) is 38.6. The molecule has 0 aromatic heterocycles. The van der Waals surface area contributed by atoms with Crippen molar-refractivity contribution in [3.63, 3.8) is 0 Å². The number of rotatable bonds is 7. The van der Waals surface area contributed by atoms with E-state index in [2.05, 4.69) is 5.32 Å². The predicted octanol–water partition coefficient (Wildman–Crippen LogP) is 1.63. The van der Waals surface area contributed by atoms with Gasteiger partial charge in [0.15, 0.2) is 0 Å². The lowest BCUT2D eigenvalue weighted by Gasteiger charge is -2.33. The average Bonchev–Trinajstić information content (AvgIpc) is 2.52. The van der Waals surface area contributed by atoms with Gasteiger partial charge in [0.2, 0.25) is 5.91 Å². The molecule has 1 aliphatic heterocycles. The Labute approximate surface area is 144 Å². The van der Waals surface area contributed by atoms with Crippen LogP contribution in [0, 0.1) is 17.8 Å². The van der Waals surface area contributed by atoms with E-state index in [1.807, 2.05) is 13.8 Å². The van der Waals surface area contributed by atoms with Gasteiger partial charge < -0.3 is 20.2 Å².